The van der Waals surface area contributed by atoms with Crippen LogP contribution in [0.1, 0.15) is 46.3 Å². The van der Waals surface area contributed by atoms with E-state index in [0.29, 0.717) is 24.5 Å². The average Bonchev–Trinajstić information content (AvgIpc) is 3.35. The predicted octanol–water partition coefficient (Wildman–Crippen LogP) is 5.12. The Morgan fingerprint density at radius 1 is 1.14 bits per heavy atom. The molecule has 0 spiro atoms. The molecule has 35 heavy (non-hydrogen) atoms. The van der Waals surface area contributed by atoms with Gasteiger partial charge < -0.3 is 19.3 Å². The van der Waals surface area contributed by atoms with E-state index < -0.39 is 0 Å². The van der Waals surface area contributed by atoms with E-state index in [1.54, 1.807) is 47.6 Å². The Labute approximate surface area is 211 Å². The average molecular weight is 493 g/mol. The summed E-state index contributed by atoms with van der Waals surface area (Å²) in [5.74, 6) is 1.16. The van der Waals surface area contributed by atoms with Crippen molar-refractivity contribution in [1.82, 2.24) is 9.80 Å². The fraction of sp³-hybridized carbons (Fsp3) is 0.357. The van der Waals surface area contributed by atoms with Gasteiger partial charge in [0.2, 0.25) is 5.91 Å². The molecule has 0 N–H and O–H groups in total. The number of nitrogens with zero attached hydrogens (tertiary/aromatic N) is 2. The monoisotopic (exact) mass is 492 g/mol. The molecule has 0 fully saturated rings. The highest BCUT2D eigenvalue weighted by Crippen LogP contribution is 2.34. The van der Waals surface area contributed by atoms with Crippen molar-refractivity contribution in [3.8, 4) is 11.5 Å². The van der Waals surface area contributed by atoms with Crippen LogP contribution in [-0.2, 0) is 11.2 Å². The van der Waals surface area contributed by atoms with Crippen molar-refractivity contribution >= 4 is 23.2 Å². The summed E-state index contributed by atoms with van der Waals surface area (Å²) < 4.78 is 11.5. The van der Waals surface area contributed by atoms with Crippen molar-refractivity contribution in [2.75, 3.05) is 26.8 Å². The third kappa shape index (κ3) is 5.51. The first-order valence-corrected chi connectivity index (χ1v) is 12.8. The van der Waals surface area contributed by atoms with E-state index in [1.165, 1.54) is 4.88 Å². The lowest BCUT2D eigenvalue weighted by Gasteiger charge is -2.37. The molecule has 6 nitrogen and oxygen atoms in total. The van der Waals surface area contributed by atoms with Crippen LogP contribution in [-0.4, -0.2) is 54.5 Å². The molecule has 0 radical (unpaired) electrons. The second-order valence-corrected chi connectivity index (χ2v) is 9.99. The van der Waals surface area contributed by atoms with Crippen LogP contribution in [0.3, 0.4) is 0 Å². The molecule has 0 bridgehead atoms. The number of methoxy groups -OCH3 is 1. The molecule has 2 amide bonds. The highest BCUT2D eigenvalue weighted by molar-refractivity contribution is 7.10. The molecular formula is C28H32N2O4S. The highest BCUT2D eigenvalue weighted by Gasteiger charge is 2.34. The SMILES string of the molecule is COc1cccc(C(=O)N(CC(=O)N2CCc3sccc3[C@@H]2COc2ccccc2C)C(C)C)c1. The van der Waals surface area contributed by atoms with Gasteiger partial charge in [0.25, 0.3) is 5.91 Å². The van der Waals surface area contributed by atoms with Gasteiger partial charge in [-0.2, -0.15) is 0 Å². The molecule has 184 valence electrons. The normalized spacial score (nSPS) is 15.0. The lowest BCUT2D eigenvalue weighted by Crippen LogP contribution is -2.49. The first-order valence-electron chi connectivity index (χ1n) is 11.9. The van der Waals surface area contributed by atoms with Gasteiger partial charge in [-0.15, -0.1) is 11.3 Å². The van der Waals surface area contributed by atoms with Crippen LogP contribution in [0, 0.1) is 6.92 Å². The smallest absolute Gasteiger partial charge is 0.254 e. The quantitative estimate of drug-likeness (QED) is 0.438. The number of hydrogen-bond acceptors (Lipinski definition) is 5. The van der Waals surface area contributed by atoms with Gasteiger partial charge in [-0.1, -0.05) is 24.3 Å². The number of amides is 2. The molecule has 1 aliphatic rings. The number of carbonyl (C=O) groups is 2. The number of aryl methyl sites for hydroxylation is 1. The Hall–Kier alpha value is -3.32. The first-order chi connectivity index (χ1) is 16.9. The minimum Gasteiger partial charge on any atom is -0.497 e. The summed E-state index contributed by atoms with van der Waals surface area (Å²) in [6.45, 7) is 6.85. The molecule has 0 unspecified atom stereocenters. The molecule has 2 heterocycles. The van der Waals surface area contributed by atoms with Crippen LogP contribution < -0.4 is 9.47 Å². The molecule has 0 saturated heterocycles. The molecule has 0 aliphatic carbocycles. The number of para-hydroxylation sites is 1. The van der Waals surface area contributed by atoms with Crippen LogP contribution in [0.2, 0.25) is 0 Å². The summed E-state index contributed by atoms with van der Waals surface area (Å²) in [7, 11) is 1.57. The maximum absolute atomic E-state index is 13.6. The van der Waals surface area contributed by atoms with E-state index in [0.717, 1.165) is 23.3 Å². The Bertz CT molecular complexity index is 1190. The van der Waals surface area contributed by atoms with E-state index >= 15 is 0 Å². The third-order valence-electron chi connectivity index (χ3n) is 6.41. The van der Waals surface area contributed by atoms with E-state index in [1.807, 2.05) is 49.9 Å². The first kappa shape index (κ1) is 24.8. The van der Waals surface area contributed by atoms with E-state index in [4.69, 9.17) is 9.47 Å². The Morgan fingerprint density at radius 3 is 2.69 bits per heavy atom. The van der Waals surface area contributed by atoms with Gasteiger partial charge in [-0.3, -0.25) is 9.59 Å². The molecule has 4 rings (SSSR count). The molecule has 0 saturated carbocycles. The van der Waals surface area contributed by atoms with Gasteiger partial charge in [-0.05, 0) is 74.0 Å². The van der Waals surface area contributed by atoms with Gasteiger partial charge in [-0.25, -0.2) is 0 Å². The second-order valence-electron chi connectivity index (χ2n) is 8.99. The Kier molecular flexibility index (Phi) is 7.76. The zero-order chi connectivity index (χ0) is 24.9. The van der Waals surface area contributed by atoms with Gasteiger partial charge in [0.15, 0.2) is 0 Å². The summed E-state index contributed by atoms with van der Waals surface area (Å²) in [6, 6.07) is 16.7. The molecule has 7 heteroatoms. The van der Waals surface area contributed by atoms with Crippen LogP contribution >= 0.6 is 11.3 Å². The number of benzene rings is 2. The standard InChI is InChI=1S/C28H32N2O4S/c1-19(2)30(28(32)21-9-7-10-22(16-21)33-4)17-27(31)29-14-12-26-23(13-15-35-26)24(29)18-34-25-11-6-5-8-20(25)3/h5-11,13,15-16,19,24H,12,14,17-18H2,1-4H3/t24-/m0/s1. The predicted molar refractivity (Wildman–Crippen MR) is 138 cm³/mol. The maximum atomic E-state index is 13.6. The van der Waals surface area contributed by atoms with Gasteiger partial charge in [0.05, 0.1) is 13.2 Å². The van der Waals surface area contributed by atoms with Crippen molar-refractivity contribution in [3.05, 3.63) is 81.5 Å². The largest absolute Gasteiger partial charge is 0.497 e. The van der Waals surface area contributed by atoms with E-state index in [-0.39, 0.29) is 30.4 Å². The van der Waals surface area contributed by atoms with Crippen molar-refractivity contribution in [2.45, 2.75) is 39.3 Å². The van der Waals surface area contributed by atoms with Crippen LogP contribution in [0.5, 0.6) is 11.5 Å². The third-order valence-corrected chi connectivity index (χ3v) is 7.41. The number of hydrogen-bond donors (Lipinski definition) is 0. The van der Waals surface area contributed by atoms with Crippen molar-refractivity contribution in [3.63, 3.8) is 0 Å². The maximum Gasteiger partial charge on any atom is 0.254 e. The topological polar surface area (TPSA) is 59.1 Å². The molecule has 1 aliphatic heterocycles. The number of ether oxygens (including phenoxy) is 2. The van der Waals surface area contributed by atoms with Gasteiger partial charge >= 0.3 is 0 Å². The molecular weight excluding hydrogens is 460 g/mol. The number of carbonyl (C=O) groups excluding carboxylic acids is 2. The molecule has 2 aromatic carbocycles. The van der Waals surface area contributed by atoms with Gasteiger partial charge in [0.1, 0.15) is 24.7 Å². The molecule has 3 aromatic rings. The summed E-state index contributed by atoms with van der Waals surface area (Å²) in [5, 5.41) is 2.08. The highest BCUT2D eigenvalue weighted by atomic mass is 32.1. The van der Waals surface area contributed by atoms with Crippen molar-refractivity contribution < 1.29 is 19.1 Å². The number of rotatable bonds is 8. The van der Waals surface area contributed by atoms with Crippen molar-refractivity contribution in [2.24, 2.45) is 0 Å². The second kappa shape index (κ2) is 11.0. The number of thiophene rings is 1. The summed E-state index contributed by atoms with van der Waals surface area (Å²) in [6.07, 6.45) is 0.811. The Balaban J connectivity index is 1.54. The summed E-state index contributed by atoms with van der Waals surface area (Å²) in [4.78, 5) is 31.8. The number of fused-ring (bicyclic) bond motifs is 1. The van der Waals surface area contributed by atoms with Crippen LogP contribution in [0.4, 0.5) is 0 Å². The van der Waals surface area contributed by atoms with E-state index in [9.17, 15) is 9.59 Å². The van der Waals surface area contributed by atoms with Gasteiger partial charge in [0, 0.05) is 23.0 Å². The fourth-order valence-electron chi connectivity index (χ4n) is 4.41. The minimum atomic E-state index is -0.196. The molecule has 1 atom stereocenters. The summed E-state index contributed by atoms with van der Waals surface area (Å²) >= 11 is 1.72. The summed E-state index contributed by atoms with van der Waals surface area (Å²) in [5.41, 5.74) is 2.70. The zero-order valence-corrected chi connectivity index (χ0v) is 21.5. The van der Waals surface area contributed by atoms with Crippen LogP contribution in [0.25, 0.3) is 0 Å². The minimum absolute atomic E-state index is 0.00798. The fourth-order valence-corrected chi connectivity index (χ4v) is 5.34. The van der Waals surface area contributed by atoms with E-state index in [2.05, 4.69) is 11.4 Å². The lowest BCUT2D eigenvalue weighted by molar-refractivity contribution is -0.136. The molecule has 1 aromatic heterocycles. The van der Waals surface area contributed by atoms with Crippen LogP contribution in [0.15, 0.2) is 60.0 Å². The lowest BCUT2D eigenvalue weighted by atomic mass is 10.00. The Morgan fingerprint density at radius 2 is 1.94 bits per heavy atom. The van der Waals surface area contributed by atoms with Crippen molar-refractivity contribution in [1.29, 1.82) is 0 Å². The zero-order valence-electron chi connectivity index (χ0n) is 20.7.